The van der Waals surface area contributed by atoms with E-state index in [1.54, 1.807) is 0 Å². The van der Waals surface area contributed by atoms with Gasteiger partial charge in [0, 0.05) is 37.5 Å². The molecule has 0 atom stereocenters. The van der Waals surface area contributed by atoms with Gasteiger partial charge in [-0.1, -0.05) is 30.3 Å². The highest BCUT2D eigenvalue weighted by Crippen LogP contribution is 2.34. The minimum atomic E-state index is 0.0950. The second kappa shape index (κ2) is 6.58. The molecule has 4 heteroatoms. The van der Waals surface area contributed by atoms with Crippen LogP contribution in [0.2, 0.25) is 0 Å². The van der Waals surface area contributed by atoms with Crippen LogP contribution in [0.1, 0.15) is 44.1 Å². The van der Waals surface area contributed by atoms with Gasteiger partial charge in [0.05, 0.1) is 0 Å². The minimum absolute atomic E-state index is 0.0950. The fraction of sp³-hybridized carbons (Fsp3) is 0.600. The zero-order valence-electron chi connectivity index (χ0n) is 14.2. The van der Waals surface area contributed by atoms with Crippen molar-refractivity contribution >= 4 is 11.8 Å². The van der Waals surface area contributed by atoms with Crippen LogP contribution in [0.3, 0.4) is 0 Å². The number of carbonyl (C=O) groups is 2. The second-order valence-electron chi connectivity index (χ2n) is 7.56. The van der Waals surface area contributed by atoms with Crippen LogP contribution in [0, 0.1) is 11.8 Å². The molecule has 0 spiro atoms. The first-order chi connectivity index (χ1) is 11.7. The summed E-state index contributed by atoms with van der Waals surface area (Å²) in [7, 11) is 0. The van der Waals surface area contributed by atoms with E-state index >= 15 is 0 Å². The molecule has 0 N–H and O–H groups in total. The summed E-state index contributed by atoms with van der Waals surface area (Å²) in [4.78, 5) is 29.3. The van der Waals surface area contributed by atoms with E-state index in [-0.39, 0.29) is 5.92 Å². The average molecular weight is 326 g/mol. The maximum atomic E-state index is 13.0. The maximum Gasteiger partial charge on any atom is 0.226 e. The summed E-state index contributed by atoms with van der Waals surface area (Å²) in [6.45, 7) is 2.25. The Hall–Kier alpha value is -1.84. The van der Waals surface area contributed by atoms with E-state index in [4.69, 9.17) is 0 Å². The van der Waals surface area contributed by atoms with Crippen LogP contribution in [0.25, 0.3) is 0 Å². The number of nitrogens with zero attached hydrogens (tertiary/aromatic N) is 2. The fourth-order valence-electron chi connectivity index (χ4n) is 3.72. The van der Waals surface area contributed by atoms with Crippen molar-refractivity contribution in [2.45, 2.75) is 51.1 Å². The van der Waals surface area contributed by atoms with Gasteiger partial charge >= 0.3 is 0 Å². The Kier molecular flexibility index (Phi) is 4.30. The molecular weight excluding hydrogens is 300 g/mol. The highest BCUT2D eigenvalue weighted by atomic mass is 16.2. The average Bonchev–Trinajstić information content (AvgIpc) is 3.51. The van der Waals surface area contributed by atoms with E-state index in [1.807, 2.05) is 23.1 Å². The van der Waals surface area contributed by atoms with Gasteiger partial charge in [-0.3, -0.25) is 9.59 Å². The van der Waals surface area contributed by atoms with Crippen molar-refractivity contribution in [2.24, 2.45) is 11.8 Å². The number of benzene rings is 1. The molecule has 0 radical (unpaired) electrons. The lowest BCUT2D eigenvalue weighted by Crippen LogP contribution is -2.45. The number of likely N-dealkylation sites (tertiary alicyclic amines) is 1. The maximum absolute atomic E-state index is 13.0. The first-order valence-corrected chi connectivity index (χ1v) is 9.35. The molecule has 2 aliphatic carbocycles. The van der Waals surface area contributed by atoms with Crippen LogP contribution in [-0.4, -0.2) is 40.7 Å². The van der Waals surface area contributed by atoms with Crippen molar-refractivity contribution in [3.8, 4) is 0 Å². The van der Waals surface area contributed by atoms with E-state index < -0.39 is 0 Å². The molecule has 2 saturated carbocycles. The number of amides is 2. The van der Waals surface area contributed by atoms with Gasteiger partial charge in [-0.05, 0) is 44.1 Å². The fourth-order valence-corrected chi connectivity index (χ4v) is 3.72. The Morgan fingerprint density at radius 2 is 1.58 bits per heavy atom. The molecule has 128 valence electrons. The second-order valence-corrected chi connectivity index (χ2v) is 7.56. The number of rotatable bonds is 5. The van der Waals surface area contributed by atoms with Crippen molar-refractivity contribution in [1.82, 2.24) is 9.80 Å². The summed E-state index contributed by atoms with van der Waals surface area (Å²) in [5, 5.41) is 0. The molecule has 1 heterocycles. The molecule has 1 aliphatic heterocycles. The molecule has 2 amide bonds. The summed E-state index contributed by atoms with van der Waals surface area (Å²) >= 11 is 0. The van der Waals surface area contributed by atoms with Crippen molar-refractivity contribution in [2.75, 3.05) is 13.1 Å². The Morgan fingerprint density at radius 1 is 0.917 bits per heavy atom. The van der Waals surface area contributed by atoms with Gasteiger partial charge in [-0.25, -0.2) is 0 Å². The van der Waals surface area contributed by atoms with Crippen molar-refractivity contribution < 1.29 is 9.59 Å². The van der Waals surface area contributed by atoms with E-state index in [2.05, 4.69) is 17.0 Å². The van der Waals surface area contributed by atoms with Crippen molar-refractivity contribution in [1.29, 1.82) is 0 Å². The minimum Gasteiger partial charge on any atom is -0.342 e. The molecule has 1 saturated heterocycles. The number of hydrogen-bond acceptors (Lipinski definition) is 2. The molecule has 3 aliphatic rings. The van der Waals surface area contributed by atoms with Gasteiger partial charge in [-0.15, -0.1) is 0 Å². The zero-order chi connectivity index (χ0) is 16.5. The molecule has 0 unspecified atom stereocenters. The monoisotopic (exact) mass is 326 g/mol. The van der Waals surface area contributed by atoms with Gasteiger partial charge in [0.25, 0.3) is 0 Å². The highest BCUT2D eigenvalue weighted by Gasteiger charge is 2.39. The molecule has 1 aromatic carbocycles. The quantitative estimate of drug-likeness (QED) is 0.835. The van der Waals surface area contributed by atoms with E-state index in [0.29, 0.717) is 23.8 Å². The Labute approximate surface area is 143 Å². The first kappa shape index (κ1) is 15.7. The predicted molar refractivity (Wildman–Crippen MR) is 92.0 cm³/mol. The molecular formula is C20H26N2O2. The van der Waals surface area contributed by atoms with Crippen LogP contribution in [0.15, 0.2) is 30.3 Å². The summed E-state index contributed by atoms with van der Waals surface area (Å²) < 4.78 is 0. The lowest BCUT2D eigenvalue weighted by atomic mass is 9.94. The molecule has 4 nitrogen and oxygen atoms in total. The molecule has 0 bridgehead atoms. The number of hydrogen-bond donors (Lipinski definition) is 0. The lowest BCUT2D eigenvalue weighted by Gasteiger charge is -2.34. The Morgan fingerprint density at radius 3 is 2.17 bits per heavy atom. The van der Waals surface area contributed by atoms with Gasteiger partial charge in [0.1, 0.15) is 0 Å². The SMILES string of the molecule is O=C(C1CC1)N1CCC(C(=O)N(Cc2ccccc2)C2CC2)CC1. The summed E-state index contributed by atoms with van der Waals surface area (Å²) in [5.41, 5.74) is 1.21. The number of carbonyl (C=O) groups excluding carboxylic acids is 2. The molecule has 1 aromatic rings. The highest BCUT2D eigenvalue weighted by molar-refractivity contribution is 5.82. The van der Waals surface area contributed by atoms with E-state index in [1.165, 1.54) is 5.56 Å². The van der Waals surface area contributed by atoms with Crippen LogP contribution < -0.4 is 0 Å². The van der Waals surface area contributed by atoms with Crippen molar-refractivity contribution in [3.05, 3.63) is 35.9 Å². The largest absolute Gasteiger partial charge is 0.342 e. The van der Waals surface area contributed by atoms with Gasteiger partial charge in [-0.2, -0.15) is 0 Å². The van der Waals surface area contributed by atoms with Crippen LogP contribution >= 0.6 is 0 Å². The molecule has 0 aromatic heterocycles. The standard InChI is InChI=1S/C20H26N2O2/c23-19(16-6-7-16)21-12-10-17(11-13-21)20(24)22(18-8-9-18)14-15-4-2-1-3-5-15/h1-5,16-18H,6-14H2. The van der Waals surface area contributed by atoms with Crippen molar-refractivity contribution in [3.63, 3.8) is 0 Å². The third-order valence-corrected chi connectivity index (χ3v) is 5.55. The Balaban J connectivity index is 1.36. The van der Waals surface area contributed by atoms with E-state index in [9.17, 15) is 9.59 Å². The third kappa shape index (κ3) is 3.47. The lowest BCUT2D eigenvalue weighted by molar-refractivity contribution is -0.142. The normalized spacial score (nSPS) is 21.6. The van der Waals surface area contributed by atoms with Crippen LogP contribution in [-0.2, 0) is 16.1 Å². The van der Waals surface area contributed by atoms with E-state index in [0.717, 1.165) is 58.2 Å². The molecule has 24 heavy (non-hydrogen) atoms. The first-order valence-electron chi connectivity index (χ1n) is 9.35. The third-order valence-electron chi connectivity index (χ3n) is 5.55. The zero-order valence-corrected chi connectivity index (χ0v) is 14.2. The summed E-state index contributed by atoms with van der Waals surface area (Å²) in [6.07, 6.45) is 6.05. The Bertz CT molecular complexity index is 599. The van der Waals surface area contributed by atoms with Crippen LogP contribution in [0.4, 0.5) is 0 Å². The smallest absolute Gasteiger partial charge is 0.226 e. The summed E-state index contributed by atoms with van der Waals surface area (Å²) in [6, 6.07) is 10.7. The van der Waals surface area contributed by atoms with Gasteiger partial charge < -0.3 is 9.80 Å². The molecule has 3 fully saturated rings. The predicted octanol–water partition coefficient (Wildman–Crippen LogP) is 2.83. The van der Waals surface area contributed by atoms with Gasteiger partial charge in [0.15, 0.2) is 0 Å². The number of piperidine rings is 1. The van der Waals surface area contributed by atoms with Crippen LogP contribution in [0.5, 0.6) is 0 Å². The topological polar surface area (TPSA) is 40.6 Å². The summed E-state index contributed by atoms with van der Waals surface area (Å²) in [5.74, 6) is 1.01. The molecule has 4 rings (SSSR count). The van der Waals surface area contributed by atoms with Gasteiger partial charge in [0.2, 0.25) is 11.8 Å².